The maximum absolute atomic E-state index is 12.5. The smallest absolute Gasteiger partial charge is 0.252 e. The Kier molecular flexibility index (Phi) is 7.82. The molecule has 0 spiro atoms. The van der Waals surface area contributed by atoms with E-state index in [-0.39, 0.29) is 17.9 Å². The topological polar surface area (TPSA) is 85.7 Å². The van der Waals surface area contributed by atoms with Gasteiger partial charge in [0.15, 0.2) is 0 Å². The summed E-state index contributed by atoms with van der Waals surface area (Å²) in [5, 5.41) is 16.2. The number of nitrogens with one attached hydrogen (secondary N) is 1. The van der Waals surface area contributed by atoms with Gasteiger partial charge in [0.05, 0.1) is 13.2 Å². The number of piperazine rings is 1. The predicted molar refractivity (Wildman–Crippen MR) is 115 cm³/mol. The Morgan fingerprint density at radius 2 is 1.93 bits per heavy atom. The first-order valence-corrected chi connectivity index (χ1v) is 10.9. The third-order valence-electron chi connectivity index (χ3n) is 5.22. The number of benzene rings is 1. The van der Waals surface area contributed by atoms with E-state index in [4.69, 9.17) is 4.74 Å². The Hall–Kier alpha value is -2.89. The first-order chi connectivity index (χ1) is 14.6. The summed E-state index contributed by atoms with van der Waals surface area (Å²) < 4.78 is 5.18. The normalized spacial score (nSPS) is 15.3. The Balaban J connectivity index is 1.41. The van der Waals surface area contributed by atoms with Gasteiger partial charge >= 0.3 is 0 Å². The summed E-state index contributed by atoms with van der Waals surface area (Å²) in [7, 11) is 1.62. The van der Waals surface area contributed by atoms with Crippen molar-refractivity contribution in [1.82, 2.24) is 15.1 Å². The molecule has 1 aliphatic heterocycles. The number of ether oxygens (including phenoxy) is 1. The summed E-state index contributed by atoms with van der Waals surface area (Å²) in [6.07, 6.45) is 1.02. The molecule has 1 unspecified atom stereocenters. The van der Waals surface area contributed by atoms with Crippen LogP contribution in [0.1, 0.15) is 34.8 Å². The quantitative estimate of drug-likeness (QED) is 0.656. The molecule has 2 aromatic rings. The van der Waals surface area contributed by atoms with Gasteiger partial charge in [0.1, 0.15) is 11.8 Å². The molecule has 2 heterocycles. The lowest BCUT2D eigenvalue weighted by Crippen LogP contribution is -2.49. The number of carbonyl (C=O) groups is 2. The van der Waals surface area contributed by atoms with Crippen LogP contribution in [0, 0.1) is 11.3 Å². The average molecular weight is 427 g/mol. The molecule has 1 atom stereocenters. The molecule has 1 saturated heterocycles. The highest BCUT2D eigenvalue weighted by Crippen LogP contribution is 2.24. The molecule has 7 nitrogen and oxygen atoms in total. The molecule has 158 valence electrons. The van der Waals surface area contributed by atoms with Gasteiger partial charge < -0.3 is 15.0 Å². The zero-order valence-electron chi connectivity index (χ0n) is 17.0. The zero-order chi connectivity index (χ0) is 21.3. The minimum Gasteiger partial charge on any atom is -0.497 e. The summed E-state index contributed by atoms with van der Waals surface area (Å²) in [6, 6.07) is 11.4. The Labute approximate surface area is 180 Å². The second-order valence-electron chi connectivity index (χ2n) is 7.09. The Morgan fingerprint density at radius 3 is 2.53 bits per heavy atom. The van der Waals surface area contributed by atoms with Crippen LogP contribution in [0.15, 0.2) is 41.1 Å². The molecule has 0 aliphatic carbocycles. The van der Waals surface area contributed by atoms with Gasteiger partial charge in [-0.2, -0.15) is 16.6 Å². The van der Waals surface area contributed by atoms with Crippen LogP contribution in [0.25, 0.3) is 0 Å². The highest BCUT2D eigenvalue weighted by molar-refractivity contribution is 7.08. The molecule has 30 heavy (non-hydrogen) atoms. The molecule has 0 bridgehead atoms. The molecule has 0 radical (unpaired) electrons. The van der Waals surface area contributed by atoms with E-state index >= 15 is 0 Å². The third-order valence-corrected chi connectivity index (χ3v) is 5.91. The molecular formula is C22H26N4O3S. The lowest BCUT2D eigenvalue weighted by Gasteiger charge is -2.37. The number of rotatable bonds is 8. The van der Waals surface area contributed by atoms with Gasteiger partial charge in [-0.1, -0.05) is 12.1 Å². The van der Waals surface area contributed by atoms with E-state index in [0.717, 1.165) is 11.3 Å². The average Bonchev–Trinajstić information content (AvgIpc) is 3.33. The monoisotopic (exact) mass is 426 g/mol. The van der Waals surface area contributed by atoms with Crippen molar-refractivity contribution in [3.63, 3.8) is 0 Å². The summed E-state index contributed by atoms with van der Waals surface area (Å²) in [5.41, 5.74) is 1.59. The zero-order valence-corrected chi connectivity index (χ0v) is 17.9. The largest absolute Gasteiger partial charge is 0.497 e. The fourth-order valence-electron chi connectivity index (χ4n) is 3.48. The van der Waals surface area contributed by atoms with Crippen LogP contribution in [-0.2, 0) is 4.79 Å². The van der Waals surface area contributed by atoms with Gasteiger partial charge in [0.25, 0.3) is 5.91 Å². The van der Waals surface area contributed by atoms with E-state index in [0.29, 0.717) is 51.1 Å². The van der Waals surface area contributed by atoms with Gasteiger partial charge in [-0.25, -0.2) is 0 Å². The van der Waals surface area contributed by atoms with E-state index in [1.165, 1.54) is 11.3 Å². The summed E-state index contributed by atoms with van der Waals surface area (Å²) in [6.45, 7) is 3.01. The van der Waals surface area contributed by atoms with Crippen LogP contribution in [-0.4, -0.2) is 61.4 Å². The maximum Gasteiger partial charge on any atom is 0.252 e. The standard InChI is InChI=1S/C22H26N4O3S/c1-29-19-6-4-17(5-7-19)20(15-23)25-10-12-26(13-11-25)21(27)3-2-9-24-22(28)18-8-14-30-16-18/h4-8,14,16,20H,2-3,9-13H2,1H3,(H,24,28). The Bertz CT molecular complexity index is 869. The molecule has 2 amide bonds. The number of carbonyl (C=O) groups excluding carboxylic acids is 2. The van der Waals surface area contributed by atoms with Crippen molar-refractivity contribution in [2.75, 3.05) is 39.8 Å². The molecule has 1 fully saturated rings. The highest BCUT2D eigenvalue weighted by Gasteiger charge is 2.26. The number of amides is 2. The van der Waals surface area contributed by atoms with Crippen LogP contribution in [0.5, 0.6) is 5.75 Å². The van der Waals surface area contributed by atoms with Gasteiger partial charge in [-0.15, -0.1) is 0 Å². The SMILES string of the molecule is COc1ccc(C(C#N)N2CCN(C(=O)CCCNC(=O)c3ccsc3)CC2)cc1. The summed E-state index contributed by atoms with van der Waals surface area (Å²) in [5.74, 6) is 0.758. The molecule has 3 rings (SSSR count). The number of hydrogen-bond acceptors (Lipinski definition) is 6. The summed E-state index contributed by atoms with van der Waals surface area (Å²) >= 11 is 1.48. The van der Waals surface area contributed by atoms with Crippen molar-refractivity contribution in [3.8, 4) is 11.8 Å². The second-order valence-corrected chi connectivity index (χ2v) is 7.87. The predicted octanol–water partition coefficient (Wildman–Crippen LogP) is 2.68. The van der Waals surface area contributed by atoms with Crippen molar-refractivity contribution >= 4 is 23.2 Å². The Morgan fingerprint density at radius 1 is 1.20 bits per heavy atom. The van der Waals surface area contributed by atoms with Crippen molar-refractivity contribution in [3.05, 3.63) is 52.2 Å². The van der Waals surface area contributed by atoms with Gasteiger partial charge in [-0.3, -0.25) is 14.5 Å². The van der Waals surface area contributed by atoms with Crippen LogP contribution < -0.4 is 10.1 Å². The molecule has 8 heteroatoms. The van der Waals surface area contributed by atoms with Crippen LogP contribution >= 0.6 is 11.3 Å². The molecule has 1 N–H and O–H groups in total. The molecule has 1 aliphatic rings. The molecule has 1 aromatic heterocycles. The summed E-state index contributed by atoms with van der Waals surface area (Å²) in [4.78, 5) is 28.3. The van der Waals surface area contributed by atoms with Crippen molar-refractivity contribution in [2.24, 2.45) is 0 Å². The molecule has 0 saturated carbocycles. The van der Waals surface area contributed by atoms with E-state index in [9.17, 15) is 14.9 Å². The van der Waals surface area contributed by atoms with Crippen LogP contribution in [0.4, 0.5) is 0 Å². The second kappa shape index (κ2) is 10.8. The first-order valence-electron chi connectivity index (χ1n) is 9.98. The van der Waals surface area contributed by atoms with Crippen molar-refractivity contribution in [2.45, 2.75) is 18.9 Å². The van der Waals surface area contributed by atoms with Crippen LogP contribution in [0.2, 0.25) is 0 Å². The van der Waals surface area contributed by atoms with Gasteiger partial charge in [0, 0.05) is 50.1 Å². The first kappa shape index (κ1) is 21.8. The number of nitrogens with zero attached hydrogens (tertiary/aromatic N) is 3. The maximum atomic E-state index is 12.5. The number of methoxy groups -OCH3 is 1. The van der Waals surface area contributed by atoms with E-state index in [2.05, 4.69) is 16.3 Å². The molecule has 1 aromatic carbocycles. The van der Waals surface area contributed by atoms with Gasteiger partial charge in [0.2, 0.25) is 5.91 Å². The molecular weight excluding hydrogens is 400 g/mol. The minimum atomic E-state index is -0.333. The van der Waals surface area contributed by atoms with Crippen LogP contribution in [0.3, 0.4) is 0 Å². The van der Waals surface area contributed by atoms with Gasteiger partial charge in [-0.05, 0) is 35.6 Å². The lowest BCUT2D eigenvalue weighted by atomic mass is 10.1. The fraction of sp³-hybridized carbons (Fsp3) is 0.409. The number of thiophene rings is 1. The third kappa shape index (κ3) is 5.59. The highest BCUT2D eigenvalue weighted by atomic mass is 32.1. The minimum absolute atomic E-state index is 0.0948. The lowest BCUT2D eigenvalue weighted by molar-refractivity contribution is -0.133. The number of nitriles is 1. The van der Waals surface area contributed by atoms with Crippen molar-refractivity contribution < 1.29 is 14.3 Å². The van der Waals surface area contributed by atoms with E-state index < -0.39 is 0 Å². The fourth-order valence-corrected chi connectivity index (χ4v) is 4.11. The number of hydrogen-bond donors (Lipinski definition) is 1. The van der Waals surface area contributed by atoms with Crippen molar-refractivity contribution in [1.29, 1.82) is 5.26 Å². The van der Waals surface area contributed by atoms with E-state index in [1.807, 2.05) is 34.5 Å². The van der Waals surface area contributed by atoms with E-state index in [1.54, 1.807) is 18.6 Å².